The number of alkyl halides is 2. The number of sulfonamides is 1. The van der Waals surface area contributed by atoms with Crippen LogP contribution < -0.4 is 14.8 Å². The monoisotopic (exact) mass is 484 g/mol. The topological polar surface area (TPSA) is 101 Å². The van der Waals surface area contributed by atoms with Crippen molar-refractivity contribution < 1.29 is 31.1 Å². The van der Waals surface area contributed by atoms with Crippen molar-refractivity contribution in [3.63, 3.8) is 0 Å². The van der Waals surface area contributed by atoms with Gasteiger partial charge < -0.3 is 15.0 Å². The van der Waals surface area contributed by atoms with E-state index in [0.29, 0.717) is 11.3 Å². The maximum absolute atomic E-state index is 15.3. The summed E-state index contributed by atoms with van der Waals surface area (Å²) in [6, 6.07) is 2.76. The summed E-state index contributed by atoms with van der Waals surface area (Å²) in [5, 5.41) is 2.63. The molecule has 1 aromatic carbocycles. The van der Waals surface area contributed by atoms with Gasteiger partial charge in [-0.1, -0.05) is 18.2 Å². The summed E-state index contributed by atoms with van der Waals surface area (Å²) < 4.78 is 76.4. The molecule has 2 aliphatic rings. The number of pyridine rings is 1. The van der Waals surface area contributed by atoms with Crippen LogP contribution in [0.3, 0.4) is 0 Å². The first-order chi connectivity index (χ1) is 15.4. The zero-order valence-corrected chi connectivity index (χ0v) is 18.9. The number of carbonyl (C=O) groups excluding carboxylic acids is 1. The zero-order valence-electron chi connectivity index (χ0n) is 18.1. The smallest absolute Gasteiger partial charge is 0.318 e. The number of aryl methyl sites for hydroxylation is 1. The van der Waals surface area contributed by atoms with E-state index in [0.717, 1.165) is 11.2 Å². The molecular weight excluding hydrogens is 461 g/mol. The number of benzene rings is 1. The first kappa shape index (κ1) is 23.3. The molecule has 1 aromatic heterocycles. The van der Waals surface area contributed by atoms with E-state index < -0.39 is 52.5 Å². The van der Waals surface area contributed by atoms with Crippen molar-refractivity contribution >= 4 is 16.1 Å². The molecule has 4 rings (SSSR count). The average molecular weight is 485 g/mol. The maximum Gasteiger partial charge on any atom is 0.318 e. The molecule has 2 N–H and O–H groups in total. The maximum atomic E-state index is 15.3. The number of hydrogen-bond donors (Lipinski definition) is 2. The summed E-state index contributed by atoms with van der Waals surface area (Å²) in [7, 11) is -4.05. The van der Waals surface area contributed by atoms with E-state index in [4.69, 9.17) is 4.74 Å². The molecule has 33 heavy (non-hydrogen) atoms. The van der Waals surface area contributed by atoms with Crippen molar-refractivity contribution in [3.05, 3.63) is 53.0 Å². The Kier molecular flexibility index (Phi) is 5.77. The standard InChI is InChI=1S/C21H23F3N4O4S/c1-11-7-8-14-12(2)25-20(29)28-10-21(23,24)18(27-33(3,30)31)15(28)9-13-5-4-6-16(17(13)22)32-19(11)26-14/h4-8,12,15,18,27H,9-10H2,1-3H3,(H,25,29)/t12?,15-,18+/m0/s1. The Morgan fingerprint density at radius 3 is 2.70 bits per heavy atom. The van der Waals surface area contributed by atoms with Gasteiger partial charge in [-0.2, -0.15) is 0 Å². The van der Waals surface area contributed by atoms with E-state index in [1.54, 1.807) is 26.0 Å². The molecule has 1 fully saturated rings. The minimum absolute atomic E-state index is 0.00518. The van der Waals surface area contributed by atoms with Crippen LogP contribution >= 0.6 is 0 Å². The van der Waals surface area contributed by atoms with E-state index in [1.807, 2.05) is 4.72 Å². The fraction of sp³-hybridized carbons (Fsp3) is 0.429. The van der Waals surface area contributed by atoms with Crippen molar-refractivity contribution in [3.8, 4) is 11.6 Å². The van der Waals surface area contributed by atoms with E-state index >= 15 is 4.39 Å². The molecule has 0 radical (unpaired) electrons. The van der Waals surface area contributed by atoms with Gasteiger partial charge in [0.2, 0.25) is 15.9 Å². The second-order valence-corrected chi connectivity index (χ2v) is 10.2. The molecular formula is C21H23F3N4O4S. The molecule has 1 saturated heterocycles. The number of rotatable bonds is 2. The summed E-state index contributed by atoms with van der Waals surface area (Å²) in [6.45, 7) is 2.32. The number of halogens is 3. The lowest BCUT2D eigenvalue weighted by Crippen LogP contribution is -2.53. The first-order valence-corrected chi connectivity index (χ1v) is 12.1. The number of amides is 2. The molecule has 0 saturated carbocycles. The fourth-order valence-corrected chi connectivity index (χ4v) is 4.87. The molecule has 3 heterocycles. The van der Waals surface area contributed by atoms with Crippen LogP contribution in [-0.2, 0) is 16.4 Å². The Morgan fingerprint density at radius 1 is 1.27 bits per heavy atom. The Balaban J connectivity index is 1.85. The van der Waals surface area contributed by atoms with Gasteiger partial charge in [-0.25, -0.2) is 36.1 Å². The molecule has 12 heteroatoms. The number of fused-ring (bicyclic) bond motifs is 5. The molecule has 0 aliphatic carbocycles. The quantitative estimate of drug-likeness (QED) is 0.683. The van der Waals surface area contributed by atoms with Crippen LogP contribution in [0.1, 0.15) is 29.8 Å². The van der Waals surface area contributed by atoms with Crippen LogP contribution in [0.25, 0.3) is 0 Å². The van der Waals surface area contributed by atoms with Gasteiger partial charge >= 0.3 is 6.03 Å². The number of ether oxygens (including phenoxy) is 1. The van der Waals surface area contributed by atoms with Crippen LogP contribution in [0.4, 0.5) is 18.0 Å². The zero-order chi connectivity index (χ0) is 24.1. The van der Waals surface area contributed by atoms with E-state index in [1.165, 1.54) is 18.2 Å². The summed E-state index contributed by atoms with van der Waals surface area (Å²) in [5.74, 6) is -4.39. The summed E-state index contributed by atoms with van der Waals surface area (Å²) >= 11 is 0. The Hall–Kier alpha value is -2.86. The van der Waals surface area contributed by atoms with Gasteiger partial charge in [0.1, 0.15) is 6.04 Å². The predicted molar refractivity (Wildman–Crippen MR) is 113 cm³/mol. The summed E-state index contributed by atoms with van der Waals surface area (Å²) in [6.07, 6.45) is 0.390. The lowest BCUT2D eigenvalue weighted by Gasteiger charge is -2.29. The summed E-state index contributed by atoms with van der Waals surface area (Å²) in [4.78, 5) is 18.2. The highest BCUT2D eigenvalue weighted by atomic mass is 32.2. The molecule has 4 bridgehead atoms. The number of aromatic nitrogens is 1. The third-order valence-electron chi connectivity index (χ3n) is 5.76. The van der Waals surface area contributed by atoms with E-state index in [2.05, 4.69) is 10.3 Å². The Morgan fingerprint density at radius 2 is 2.00 bits per heavy atom. The summed E-state index contributed by atoms with van der Waals surface area (Å²) in [5.41, 5.74) is 1.01. The van der Waals surface area contributed by atoms with Gasteiger partial charge in [0.15, 0.2) is 11.6 Å². The van der Waals surface area contributed by atoms with Crippen molar-refractivity contribution in [2.45, 2.75) is 44.3 Å². The van der Waals surface area contributed by atoms with Crippen molar-refractivity contribution in [1.29, 1.82) is 0 Å². The van der Waals surface area contributed by atoms with Crippen LogP contribution in [0.5, 0.6) is 11.6 Å². The van der Waals surface area contributed by atoms with E-state index in [-0.39, 0.29) is 23.6 Å². The number of carbonyl (C=O) groups is 1. The van der Waals surface area contributed by atoms with Crippen molar-refractivity contribution in [2.75, 3.05) is 12.8 Å². The van der Waals surface area contributed by atoms with Gasteiger partial charge in [-0.05, 0) is 38.0 Å². The van der Waals surface area contributed by atoms with Crippen LogP contribution in [0, 0.1) is 12.7 Å². The molecule has 1 unspecified atom stereocenters. The second kappa shape index (κ2) is 8.17. The highest BCUT2D eigenvalue weighted by Crippen LogP contribution is 2.37. The number of urea groups is 1. The van der Waals surface area contributed by atoms with Crippen LogP contribution in [0.2, 0.25) is 0 Å². The SMILES string of the molecule is Cc1ccc2nc1Oc1cccc(c1F)C[C@H]1[C@@H](NS(C)(=O)=O)C(F)(F)CN1C(=O)NC2C. The molecule has 2 amide bonds. The van der Waals surface area contributed by atoms with Crippen molar-refractivity contribution in [1.82, 2.24) is 19.9 Å². The second-order valence-electron chi connectivity index (χ2n) is 8.39. The van der Waals surface area contributed by atoms with Gasteiger partial charge in [0, 0.05) is 5.56 Å². The molecule has 2 aromatic rings. The van der Waals surface area contributed by atoms with Crippen LogP contribution in [-0.4, -0.2) is 55.1 Å². The number of nitrogens with one attached hydrogen (secondary N) is 2. The minimum Gasteiger partial charge on any atom is -0.436 e. The predicted octanol–water partition coefficient (Wildman–Crippen LogP) is 2.89. The van der Waals surface area contributed by atoms with Gasteiger partial charge in [0.05, 0.1) is 30.6 Å². The lowest BCUT2D eigenvalue weighted by molar-refractivity contribution is -0.00456. The van der Waals surface area contributed by atoms with Crippen LogP contribution in [0.15, 0.2) is 30.3 Å². The Labute approximate surface area is 189 Å². The third-order valence-corrected chi connectivity index (χ3v) is 6.44. The van der Waals surface area contributed by atoms with Crippen molar-refractivity contribution in [2.24, 2.45) is 0 Å². The molecule has 178 valence electrons. The highest BCUT2D eigenvalue weighted by Gasteiger charge is 2.57. The third kappa shape index (κ3) is 4.62. The van der Waals surface area contributed by atoms with E-state index in [9.17, 15) is 22.0 Å². The molecule has 2 aliphatic heterocycles. The number of hydrogen-bond acceptors (Lipinski definition) is 5. The molecule has 3 atom stereocenters. The Bertz CT molecular complexity index is 1210. The van der Waals surface area contributed by atoms with Gasteiger partial charge in [-0.15, -0.1) is 0 Å². The fourth-order valence-electron chi connectivity index (χ4n) is 4.08. The minimum atomic E-state index is -4.05. The number of nitrogens with zero attached hydrogens (tertiary/aromatic N) is 2. The average Bonchev–Trinajstić information content (AvgIpc) is 2.95. The van der Waals surface area contributed by atoms with Gasteiger partial charge in [0.25, 0.3) is 5.92 Å². The molecule has 8 nitrogen and oxygen atoms in total. The highest BCUT2D eigenvalue weighted by molar-refractivity contribution is 7.88. The molecule has 0 spiro atoms. The lowest BCUT2D eigenvalue weighted by atomic mass is 9.98. The first-order valence-electron chi connectivity index (χ1n) is 10.2. The van der Waals surface area contributed by atoms with Gasteiger partial charge in [-0.3, -0.25) is 0 Å². The normalized spacial score (nSPS) is 24.6. The largest absolute Gasteiger partial charge is 0.436 e.